The van der Waals surface area contributed by atoms with Crippen molar-refractivity contribution in [1.29, 1.82) is 0 Å². The van der Waals surface area contributed by atoms with Crippen LogP contribution in [0.1, 0.15) is 13.2 Å². The lowest BCUT2D eigenvalue weighted by Crippen LogP contribution is -2.28. The number of anilines is 1. The highest BCUT2D eigenvalue weighted by Gasteiger charge is 2.24. The minimum absolute atomic E-state index is 0.129. The molecule has 0 aromatic carbocycles. The molecule has 2 heterocycles. The van der Waals surface area contributed by atoms with E-state index >= 15 is 0 Å². The molecule has 0 aliphatic carbocycles. The summed E-state index contributed by atoms with van der Waals surface area (Å²) in [6.45, 7) is 1.96. The van der Waals surface area contributed by atoms with Crippen LogP contribution in [0.2, 0.25) is 0 Å². The van der Waals surface area contributed by atoms with Gasteiger partial charge in [-0.1, -0.05) is 0 Å². The summed E-state index contributed by atoms with van der Waals surface area (Å²) in [7, 11) is 0. The summed E-state index contributed by atoms with van der Waals surface area (Å²) in [6.07, 6.45) is 1.41. The molecule has 1 aliphatic heterocycles. The molecule has 5 nitrogen and oxygen atoms in total. The molecule has 2 atom stereocenters. The number of nitrogens with two attached hydrogens (primary N) is 1. The van der Waals surface area contributed by atoms with Crippen molar-refractivity contribution in [3.8, 4) is 0 Å². The maximum atomic E-state index is 11.4. The van der Waals surface area contributed by atoms with Gasteiger partial charge < -0.3 is 10.5 Å². The van der Waals surface area contributed by atoms with Gasteiger partial charge in [0.15, 0.2) is 0 Å². The minimum atomic E-state index is -0.357. The standard InChI is InChI=1S/C8H11N3O2S/c1-5-13-7(4-14-5)11-3-2-6(9)10-8(11)12/h2-3,5,7H,4H2,1H3,(H2,9,10,12). The van der Waals surface area contributed by atoms with E-state index in [1.807, 2.05) is 6.92 Å². The Morgan fingerprint density at radius 2 is 2.57 bits per heavy atom. The van der Waals surface area contributed by atoms with Gasteiger partial charge in [-0.3, -0.25) is 4.57 Å². The van der Waals surface area contributed by atoms with Crippen LogP contribution in [0, 0.1) is 0 Å². The van der Waals surface area contributed by atoms with E-state index in [0.717, 1.165) is 5.75 Å². The molecule has 2 N–H and O–H groups in total. The molecule has 2 unspecified atom stereocenters. The van der Waals surface area contributed by atoms with Crippen molar-refractivity contribution >= 4 is 17.6 Å². The zero-order valence-electron chi connectivity index (χ0n) is 7.71. The summed E-state index contributed by atoms with van der Waals surface area (Å²) in [5, 5.41) is 0. The molecule has 1 fully saturated rings. The number of ether oxygens (including phenoxy) is 1. The molecule has 1 aromatic rings. The predicted molar refractivity (Wildman–Crippen MR) is 55.0 cm³/mol. The molecule has 1 aromatic heterocycles. The van der Waals surface area contributed by atoms with Gasteiger partial charge in [-0.25, -0.2) is 4.79 Å². The fourth-order valence-corrected chi connectivity index (χ4v) is 2.19. The van der Waals surface area contributed by atoms with E-state index in [1.54, 1.807) is 24.0 Å². The molecule has 0 radical (unpaired) electrons. The number of thioether (sulfide) groups is 1. The molecule has 0 saturated carbocycles. The lowest BCUT2D eigenvalue weighted by Gasteiger charge is -2.12. The Morgan fingerprint density at radius 3 is 3.14 bits per heavy atom. The smallest absolute Gasteiger partial charge is 0.351 e. The van der Waals surface area contributed by atoms with Crippen LogP contribution in [0.4, 0.5) is 5.82 Å². The van der Waals surface area contributed by atoms with Crippen LogP contribution in [0.3, 0.4) is 0 Å². The minimum Gasteiger partial charge on any atom is -0.383 e. The lowest BCUT2D eigenvalue weighted by molar-refractivity contribution is 0.0236. The second-order valence-corrected chi connectivity index (χ2v) is 4.36. The summed E-state index contributed by atoms with van der Waals surface area (Å²) in [4.78, 5) is 15.1. The molecule has 2 rings (SSSR count). The predicted octanol–water partition coefficient (Wildman–Crippen LogP) is 0.433. The number of nitrogens with zero attached hydrogens (tertiary/aromatic N) is 2. The highest BCUT2D eigenvalue weighted by Crippen LogP contribution is 2.30. The Balaban J connectivity index is 2.29. The van der Waals surface area contributed by atoms with Crippen LogP contribution in [0.25, 0.3) is 0 Å². The van der Waals surface area contributed by atoms with Gasteiger partial charge in [-0.15, -0.1) is 11.8 Å². The lowest BCUT2D eigenvalue weighted by atomic mass is 10.5. The molecule has 1 aliphatic rings. The second kappa shape index (κ2) is 3.62. The van der Waals surface area contributed by atoms with Crippen LogP contribution in [-0.2, 0) is 4.74 Å². The van der Waals surface area contributed by atoms with Crippen LogP contribution in [-0.4, -0.2) is 20.7 Å². The highest BCUT2D eigenvalue weighted by molar-refractivity contribution is 7.99. The first-order valence-electron chi connectivity index (χ1n) is 4.28. The molecular weight excluding hydrogens is 202 g/mol. The van der Waals surface area contributed by atoms with Gasteiger partial charge >= 0.3 is 5.69 Å². The molecular formula is C8H11N3O2S. The molecule has 14 heavy (non-hydrogen) atoms. The van der Waals surface area contributed by atoms with Crippen LogP contribution < -0.4 is 11.4 Å². The number of hydrogen-bond donors (Lipinski definition) is 1. The van der Waals surface area contributed by atoms with Gasteiger partial charge in [-0.2, -0.15) is 4.98 Å². The first-order valence-corrected chi connectivity index (χ1v) is 5.33. The maximum Gasteiger partial charge on any atom is 0.351 e. The normalized spacial score (nSPS) is 26.6. The quantitative estimate of drug-likeness (QED) is 0.732. The van der Waals surface area contributed by atoms with E-state index < -0.39 is 0 Å². The van der Waals surface area contributed by atoms with E-state index in [4.69, 9.17) is 10.5 Å². The SMILES string of the molecule is CC1OC(n2ccc(N)nc2=O)CS1. The molecule has 6 heteroatoms. The molecule has 0 bridgehead atoms. The number of aromatic nitrogens is 2. The van der Waals surface area contributed by atoms with Gasteiger partial charge in [0.25, 0.3) is 0 Å². The van der Waals surface area contributed by atoms with Gasteiger partial charge in [0.05, 0.1) is 0 Å². The summed E-state index contributed by atoms with van der Waals surface area (Å²) in [6, 6.07) is 1.60. The van der Waals surface area contributed by atoms with Crippen LogP contribution >= 0.6 is 11.8 Å². The highest BCUT2D eigenvalue weighted by atomic mass is 32.2. The number of hydrogen-bond acceptors (Lipinski definition) is 5. The first kappa shape index (κ1) is 9.54. The van der Waals surface area contributed by atoms with E-state index in [2.05, 4.69) is 4.98 Å². The van der Waals surface area contributed by atoms with Crippen molar-refractivity contribution in [2.75, 3.05) is 11.5 Å². The number of nitrogen functional groups attached to an aromatic ring is 1. The monoisotopic (exact) mass is 213 g/mol. The van der Waals surface area contributed by atoms with Crippen molar-refractivity contribution in [3.63, 3.8) is 0 Å². The molecule has 1 saturated heterocycles. The van der Waals surface area contributed by atoms with Crippen LogP contribution in [0.5, 0.6) is 0 Å². The Morgan fingerprint density at radius 1 is 1.79 bits per heavy atom. The Hall–Kier alpha value is -1.01. The Kier molecular flexibility index (Phi) is 2.47. The summed E-state index contributed by atoms with van der Waals surface area (Å²) < 4.78 is 6.98. The van der Waals surface area contributed by atoms with Crippen molar-refractivity contribution in [1.82, 2.24) is 9.55 Å². The topological polar surface area (TPSA) is 70.1 Å². The summed E-state index contributed by atoms with van der Waals surface area (Å²) in [5.74, 6) is 1.01. The Labute approximate surface area is 85.3 Å². The second-order valence-electron chi connectivity index (χ2n) is 3.03. The van der Waals surface area contributed by atoms with E-state index in [-0.39, 0.29) is 23.2 Å². The van der Waals surface area contributed by atoms with Crippen molar-refractivity contribution in [2.45, 2.75) is 18.6 Å². The van der Waals surface area contributed by atoms with E-state index in [1.165, 1.54) is 4.57 Å². The first-order chi connectivity index (χ1) is 6.66. The van der Waals surface area contributed by atoms with Gasteiger partial charge in [0.1, 0.15) is 17.5 Å². The van der Waals surface area contributed by atoms with E-state index in [0.29, 0.717) is 0 Å². The van der Waals surface area contributed by atoms with Gasteiger partial charge in [0, 0.05) is 11.9 Å². The fourth-order valence-electron chi connectivity index (χ4n) is 1.31. The Bertz CT molecular complexity index is 392. The molecule has 0 spiro atoms. The van der Waals surface area contributed by atoms with E-state index in [9.17, 15) is 4.79 Å². The summed E-state index contributed by atoms with van der Waals surface area (Å²) in [5.41, 5.74) is 5.16. The van der Waals surface area contributed by atoms with Crippen LogP contribution in [0.15, 0.2) is 17.1 Å². The maximum absolute atomic E-state index is 11.4. The van der Waals surface area contributed by atoms with Gasteiger partial charge in [0.2, 0.25) is 0 Å². The van der Waals surface area contributed by atoms with Crippen molar-refractivity contribution < 1.29 is 4.74 Å². The zero-order chi connectivity index (χ0) is 10.1. The third-order valence-corrected chi connectivity index (χ3v) is 3.04. The van der Waals surface area contributed by atoms with Crippen molar-refractivity contribution in [3.05, 3.63) is 22.7 Å². The fraction of sp³-hybridized carbons (Fsp3) is 0.500. The molecule has 76 valence electrons. The summed E-state index contributed by atoms with van der Waals surface area (Å²) >= 11 is 1.67. The average Bonchev–Trinajstić information content (AvgIpc) is 2.51. The van der Waals surface area contributed by atoms with Gasteiger partial charge in [-0.05, 0) is 13.0 Å². The third kappa shape index (κ3) is 1.76. The van der Waals surface area contributed by atoms with Crippen molar-refractivity contribution in [2.24, 2.45) is 0 Å². The number of rotatable bonds is 1. The molecule has 0 amide bonds. The third-order valence-electron chi connectivity index (χ3n) is 1.98. The zero-order valence-corrected chi connectivity index (χ0v) is 8.53. The average molecular weight is 213 g/mol. The largest absolute Gasteiger partial charge is 0.383 e.